The molecule has 1 heterocycles. The predicted molar refractivity (Wildman–Crippen MR) is 77.2 cm³/mol. The van der Waals surface area contributed by atoms with E-state index in [1.807, 2.05) is 0 Å². The molecule has 0 aliphatic rings. The van der Waals surface area contributed by atoms with Crippen LogP contribution in [0.4, 0.5) is 23.7 Å². The van der Waals surface area contributed by atoms with Crippen molar-refractivity contribution in [1.82, 2.24) is 5.32 Å². The van der Waals surface area contributed by atoms with E-state index >= 15 is 0 Å². The second-order valence-electron chi connectivity index (χ2n) is 4.78. The van der Waals surface area contributed by atoms with Crippen LogP contribution in [0.15, 0.2) is 29.6 Å². The summed E-state index contributed by atoms with van der Waals surface area (Å²) in [7, 11) is 0. The van der Waals surface area contributed by atoms with Gasteiger partial charge in [-0.05, 0) is 30.5 Å². The van der Waals surface area contributed by atoms with Crippen LogP contribution in [-0.2, 0) is 5.60 Å². The monoisotopic (exact) mass is 330 g/mol. The second-order valence-corrected chi connectivity index (χ2v) is 5.73. The molecule has 1 aromatic heterocycles. The highest BCUT2D eigenvalue weighted by Gasteiger charge is 2.25. The van der Waals surface area contributed by atoms with Crippen LogP contribution in [0.5, 0.6) is 0 Å². The van der Waals surface area contributed by atoms with E-state index in [-0.39, 0.29) is 6.54 Å². The quantitative estimate of drug-likeness (QED) is 0.754. The molecule has 0 aliphatic carbocycles. The Hall–Kier alpha value is -2.06. The molecule has 22 heavy (non-hydrogen) atoms. The first kappa shape index (κ1) is 16.3. The van der Waals surface area contributed by atoms with Crippen LogP contribution in [-0.4, -0.2) is 17.7 Å². The van der Waals surface area contributed by atoms with Crippen LogP contribution in [0, 0.1) is 17.5 Å². The van der Waals surface area contributed by atoms with E-state index in [0.717, 1.165) is 6.07 Å². The first-order valence-corrected chi connectivity index (χ1v) is 7.14. The summed E-state index contributed by atoms with van der Waals surface area (Å²) >= 11 is 1.32. The normalized spacial score (nSPS) is 13.5. The Morgan fingerprint density at radius 2 is 2.00 bits per heavy atom. The number of urea groups is 1. The molecule has 0 saturated carbocycles. The minimum absolute atomic E-state index is 0.134. The number of rotatable bonds is 4. The van der Waals surface area contributed by atoms with Gasteiger partial charge in [-0.2, -0.15) is 0 Å². The summed E-state index contributed by atoms with van der Waals surface area (Å²) < 4.78 is 39.2. The van der Waals surface area contributed by atoms with Crippen LogP contribution < -0.4 is 10.6 Å². The molecule has 2 amide bonds. The fourth-order valence-electron chi connectivity index (χ4n) is 1.71. The SMILES string of the molecule is CC(O)(CNC(=O)Nc1ccc(F)c(F)c1F)c1cccs1. The summed E-state index contributed by atoms with van der Waals surface area (Å²) in [5, 5.41) is 16.4. The van der Waals surface area contributed by atoms with Gasteiger partial charge < -0.3 is 15.7 Å². The Morgan fingerprint density at radius 3 is 2.64 bits per heavy atom. The highest BCUT2D eigenvalue weighted by atomic mass is 32.1. The van der Waals surface area contributed by atoms with E-state index in [9.17, 15) is 23.1 Å². The van der Waals surface area contributed by atoms with E-state index in [1.54, 1.807) is 17.5 Å². The van der Waals surface area contributed by atoms with Gasteiger partial charge in [0.2, 0.25) is 0 Å². The van der Waals surface area contributed by atoms with Crippen LogP contribution in [0.25, 0.3) is 0 Å². The molecule has 2 rings (SSSR count). The average Bonchev–Trinajstić information content (AvgIpc) is 3.01. The Bertz CT molecular complexity index is 675. The number of carbonyl (C=O) groups is 1. The van der Waals surface area contributed by atoms with Gasteiger partial charge >= 0.3 is 6.03 Å². The fourth-order valence-corrected chi connectivity index (χ4v) is 2.50. The van der Waals surface area contributed by atoms with Gasteiger partial charge in [0.05, 0.1) is 12.2 Å². The van der Waals surface area contributed by atoms with Gasteiger partial charge in [-0.15, -0.1) is 11.3 Å². The third-order valence-electron chi connectivity index (χ3n) is 2.93. The van der Waals surface area contributed by atoms with Crippen molar-refractivity contribution in [2.24, 2.45) is 0 Å². The average molecular weight is 330 g/mol. The van der Waals surface area contributed by atoms with E-state index in [2.05, 4.69) is 10.6 Å². The maximum absolute atomic E-state index is 13.4. The molecule has 0 radical (unpaired) electrons. The van der Waals surface area contributed by atoms with Crippen molar-refractivity contribution in [3.63, 3.8) is 0 Å². The first-order valence-electron chi connectivity index (χ1n) is 6.26. The van der Waals surface area contributed by atoms with Crippen molar-refractivity contribution in [3.8, 4) is 0 Å². The molecule has 8 heteroatoms. The zero-order valence-corrected chi connectivity index (χ0v) is 12.3. The first-order chi connectivity index (χ1) is 10.3. The van der Waals surface area contributed by atoms with Crippen LogP contribution in [0.1, 0.15) is 11.8 Å². The number of halogens is 3. The summed E-state index contributed by atoms with van der Waals surface area (Å²) in [6, 6.07) is 4.23. The summed E-state index contributed by atoms with van der Waals surface area (Å²) in [5.74, 6) is -4.49. The third kappa shape index (κ3) is 3.58. The minimum Gasteiger partial charge on any atom is -0.383 e. The van der Waals surface area contributed by atoms with Gasteiger partial charge in [0.15, 0.2) is 17.5 Å². The standard InChI is InChI=1S/C14H13F3N2O2S/c1-14(21,10-3-2-6-22-10)7-18-13(20)19-9-5-4-8(15)11(16)12(9)17/h2-6,21H,7H2,1H3,(H2,18,19,20). The summed E-state index contributed by atoms with van der Waals surface area (Å²) in [6.45, 7) is 1.38. The molecule has 0 spiro atoms. The van der Waals surface area contributed by atoms with Gasteiger partial charge in [-0.25, -0.2) is 18.0 Å². The van der Waals surface area contributed by atoms with Crippen molar-refractivity contribution in [3.05, 3.63) is 52.0 Å². The molecule has 4 nitrogen and oxygen atoms in total. The summed E-state index contributed by atoms with van der Waals surface area (Å²) in [5.41, 5.74) is -1.79. The molecule has 118 valence electrons. The van der Waals surface area contributed by atoms with Gasteiger partial charge in [-0.1, -0.05) is 6.07 Å². The number of anilines is 1. The molecule has 0 bridgehead atoms. The zero-order chi connectivity index (χ0) is 16.3. The van der Waals surface area contributed by atoms with Gasteiger partial charge in [0.1, 0.15) is 5.60 Å². The fraction of sp³-hybridized carbons (Fsp3) is 0.214. The molecule has 1 atom stereocenters. The molecule has 0 fully saturated rings. The smallest absolute Gasteiger partial charge is 0.319 e. The van der Waals surface area contributed by atoms with E-state index in [4.69, 9.17) is 0 Å². The zero-order valence-electron chi connectivity index (χ0n) is 11.5. The van der Waals surface area contributed by atoms with Gasteiger partial charge in [-0.3, -0.25) is 0 Å². The molecular weight excluding hydrogens is 317 g/mol. The van der Waals surface area contributed by atoms with E-state index in [0.29, 0.717) is 10.9 Å². The number of hydrogen-bond donors (Lipinski definition) is 3. The van der Waals surface area contributed by atoms with Crippen LogP contribution in [0.3, 0.4) is 0 Å². The lowest BCUT2D eigenvalue weighted by molar-refractivity contribution is 0.0637. The summed E-state index contributed by atoms with van der Waals surface area (Å²) in [4.78, 5) is 12.3. The molecule has 0 saturated heterocycles. The number of nitrogens with one attached hydrogen (secondary N) is 2. The minimum atomic E-state index is -1.66. The number of aliphatic hydroxyl groups is 1. The third-order valence-corrected chi connectivity index (χ3v) is 4.05. The molecule has 1 aromatic carbocycles. The van der Waals surface area contributed by atoms with Crippen molar-refractivity contribution >= 4 is 23.1 Å². The van der Waals surface area contributed by atoms with Gasteiger partial charge in [0.25, 0.3) is 0 Å². The summed E-state index contributed by atoms with van der Waals surface area (Å²) in [6.07, 6.45) is 0. The molecule has 1 unspecified atom stereocenters. The lowest BCUT2D eigenvalue weighted by atomic mass is 10.1. The highest BCUT2D eigenvalue weighted by molar-refractivity contribution is 7.10. The second kappa shape index (κ2) is 6.37. The Labute approximate surface area is 128 Å². The van der Waals surface area contributed by atoms with Gasteiger partial charge in [0, 0.05) is 4.88 Å². The Morgan fingerprint density at radius 1 is 1.27 bits per heavy atom. The molecule has 2 aromatic rings. The van der Waals surface area contributed by atoms with Crippen molar-refractivity contribution < 1.29 is 23.1 Å². The maximum Gasteiger partial charge on any atom is 0.319 e. The van der Waals surface area contributed by atoms with Crippen LogP contribution >= 0.6 is 11.3 Å². The van der Waals surface area contributed by atoms with Crippen molar-refractivity contribution in [1.29, 1.82) is 0 Å². The highest BCUT2D eigenvalue weighted by Crippen LogP contribution is 2.24. The lowest BCUT2D eigenvalue weighted by Crippen LogP contribution is -2.40. The topological polar surface area (TPSA) is 61.4 Å². The lowest BCUT2D eigenvalue weighted by Gasteiger charge is -2.22. The predicted octanol–water partition coefficient (Wildman–Crippen LogP) is 3.19. The molecule has 3 N–H and O–H groups in total. The molecule has 0 aliphatic heterocycles. The number of amides is 2. The molecular formula is C14H13F3N2O2S. The Balaban J connectivity index is 1.98. The number of thiophene rings is 1. The number of hydrogen-bond acceptors (Lipinski definition) is 3. The van der Waals surface area contributed by atoms with Crippen molar-refractivity contribution in [2.75, 3.05) is 11.9 Å². The van der Waals surface area contributed by atoms with E-state index < -0.39 is 34.8 Å². The number of benzene rings is 1. The largest absolute Gasteiger partial charge is 0.383 e. The Kier molecular flexibility index (Phi) is 4.72. The van der Waals surface area contributed by atoms with E-state index in [1.165, 1.54) is 18.3 Å². The van der Waals surface area contributed by atoms with Crippen molar-refractivity contribution in [2.45, 2.75) is 12.5 Å². The number of carbonyl (C=O) groups excluding carboxylic acids is 1. The maximum atomic E-state index is 13.4. The van der Waals surface area contributed by atoms with Crippen LogP contribution in [0.2, 0.25) is 0 Å².